The van der Waals surface area contributed by atoms with Crippen LogP contribution in [0.25, 0.3) is 23.0 Å². The smallest absolute Gasteiger partial charge is 0.366 e. The highest BCUT2D eigenvalue weighted by Gasteiger charge is 2.37. The molecule has 3 rings (SSSR count). The van der Waals surface area contributed by atoms with E-state index in [9.17, 15) is 31.1 Å². The number of amides is 1. The van der Waals surface area contributed by atoms with Crippen molar-refractivity contribution in [3.05, 3.63) is 77.4 Å². The molecule has 0 aliphatic carbocycles. The summed E-state index contributed by atoms with van der Waals surface area (Å²) in [5, 5.41) is 0. The number of nitrogens with two attached hydrogens (primary N) is 1. The average Bonchev–Trinajstić information content (AvgIpc) is 2.71. The highest BCUT2D eigenvalue weighted by Crippen LogP contribution is 2.38. The zero-order chi connectivity index (χ0) is 22.8. The molecule has 5 nitrogen and oxygen atoms in total. The fourth-order valence-electron chi connectivity index (χ4n) is 2.65. The van der Waals surface area contributed by atoms with Gasteiger partial charge in [-0.15, -0.1) is 0 Å². The molecule has 160 valence electrons. The highest BCUT2D eigenvalue weighted by atomic mass is 19.4. The van der Waals surface area contributed by atoms with E-state index in [1.54, 1.807) is 0 Å². The fourth-order valence-corrected chi connectivity index (χ4v) is 2.65. The van der Waals surface area contributed by atoms with Crippen LogP contribution >= 0.6 is 0 Å². The minimum absolute atomic E-state index is 0.0158. The van der Waals surface area contributed by atoms with Crippen molar-refractivity contribution in [2.24, 2.45) is 5.73 Å². The van der Waals surface area contributed by atoms with E-state index in [0.29, 0.717) is 17.7 Å². The summed E-state index contributed by atoms with van der Waals surface area (Å²) >= 11 is 0. The summed E-state index contributed by atoms with van der Waals surface area (Å²) in [4.78, 5) is 23.4. The molecule has 1 amide bonds. The number of pyridine rings is 1. The largest absolute Gasteiger partial charge is 0.416 e. The minimum atomic E-state index is -5.01. The van der Waals surface area contributed by atoms with Crippen molar-refractivity contribution in [3.8, 4) is 11.4 Å². The summed E-state index contributed by atoms with van der Waals surface area (Å²) in [6, 6.07) is 5.39. The Kier molecular flexibility index (Phi) is 5.78. The van der Waals surface area contributed by atoms with Crippen LogP contribution in [0.1, 0.15) is 22.4 Å². The van der Waals surface area contributed by atoms with Gasteiger partial charge in [-0.3, -0.25) is 9.78 Å². The molecule has 0 saturated heterocycles. The van der Waals surface area contributed by atoms with Crippen LogP contribution in [-0.2, 0) is 17.1 Å². The summed E-state index contributed by atoms with van der Waals surface area (Å²) in [5.74, 6) is -1.20. The van der Waals surface area contributed by atoms with Crippen LogP contribution in [-0.4, -0.2) is 20.9 Å². The number of nitrogens with zero attached hydrogens (tertiary/aromatic N) is 3. The monoisotopic (exact) mass is 438 g/mol. The molecule has 2 heterocycles. The van der Waals surface area contributed by atoms with E-state index < -0.39 is 35.0 Å². The first-order valence-electron chi connectivity index (χ1n) is 8.50. The fraction of sp³-hybridized carbons (Fsp3) is 0.100. The van der Waals surface area contributed by atoms with Gasteiger partial charge in [0.2, 0.25) is 5.91 Å². The van der Waals surface area contributed by atoms with E-state index >= 15 is 0 Å². The summed E-state index contributed by atoms with van der Waals surface area (Å²) in [6.07, 6.45) is -4.78. The summed E-state index contributed by atoms with van der Waals surface area (Å²) in [6.45, 7) is 0. The van der Waals surface area contributed by atoms with E-state index in [1.165, 1.54) is 36.7 Å². The first-order valence-corrected chi connectivity index (χ1v) is 8.50. The topological polar surface area (TPSA) is 81.8 Å². The predicted octanol–water partition coefficient (Wildman–Crippen LogP) is 4.60. The van der Waals surface area contributed by atoms with Gasteiger partial charge >= 0.3 is 12.4 Å². The molecule has 11 heteroatoms. The lowest BCUT2D eigenvalue weighted by Crippen LogP contribution is -2.13. The minimum Gasteiger partial charge on any atom is -0.366 e. The Bertz CT molecular complexity index is 1110. The third-order valence-electron chi connectivity index (χ3n) is 4.07. The van der Waals surface area contributed by atoms with Crippen LogP contribution in [0, 0.1) is 0 Å². The molecule has 0 fully saturated rings. The molecule has 0 saturated carbocycles. The van der Waals surface area contributed by atoms with E-state index in [1.807, 2.05) is 0 Å². The van der Waals surface area contributed by atoms with Gasteiger partial charge in [0.05, 0.1) is 16.8 Å². The molecule has 3 aromatic rings. The van der Waals surface area contributed by atoms with Gasteiger partial charge in [0, 0.05) is 29.7 Å². The SMILES string of the molecule is NC(=O)/C(=C/c1ccnc(-c2cc(C(F)(F)F)cc(C(F)(F)F)c2)n1)c1ccncc1. The molecule has 31 heavy (non-hydrogen) atoms. The van der Waals surface area contributed by atoms with Gasteiger partial charge in [0.15, 0.2) is 5.82 Å². The van der Waals surface area contributed by atoms with Crippen molar-refractivity contribution in [3.63, 3.8) is 0 Å². The number of carbonyl (C=O) groups excluding carboxylic acids is 1. The highest BCUT2D eigenvalue weighted by molar-refractivity contribution is 6.23. The molecule has 1 aromatic carbocycles. The summed E-state index contributed by atoms with van der Waals surface area (Å²) < 4.78 is 78.6. The standard InChI is InChI=1S/C20H12F6N4O/c21-19(22,23)13-7-12(8-14(9-13)20(24,25)26)18-29-6-3-15(30-18)10-16(17(27)31)11-1-4-28-5-2-11/h1-10H,(H2,27,31)/b16-10+. The number of benzene rings is 1. The first kappa shape index (κ1) is 21.9. The van der Waals surface area contributed by atoms with Crippen molar-refractivity contribution in [1.29, 1.82) is 0 Å². The Hall–Kier alpha value is -3.76. The molecular weight excluding hydrogens is 426 g/mol. The maximum absolute atomic E-state index is 13.1. The van der Waals surface area contributed by atoms with E-state index in [-0.39, 0.29) is 23.2 Å². The van der Waals surface area contributed by atoms with E-state index in [4.69, 9.17) is 5.73 Å². The van der Waals surface area contributed by atoms with Crippen LogP contribution in [0.3, 0.4) is 0 Å². The molecule has 0 unspecified atom stereocenters. The normalized spacial score (nSPS) is 12.6. The van der Waals surface area contributed by atoms with E-state index in [2.05, 4.69) is 15.0 Å². The number of primary amides is 1. The third kappa shape index (κ3) is 5.24. The third-order valence-corrected chi connectivity index (χ3v) is 4.07. The molecule has 0 aliphatic heterocycles. The number of hydrogen-bond acceptors (Lipinski definition) is 4. The number of halogens is 6. The van der Waals surface area contributed by atoms with Gasteiger partial charge in [-0.25, -0.2) is 9.97 Å². The van der Waals surface area contributed by atoms with Gasteiger partial charge in [-0.05, 0) is 48.0 Å². The zero-order valence-corrected chi connectivity index (χ0v) is 15.4. The predicted molar refractivity (Wildman–Crippen MR) is 98.8 cm³/mol. The van der Waals surface area contributed by atoms with Gasteiger partial charge in [-0.2, -0.15) is 26.3 Å². The van der Waals surface area contributed by atoms with Crippen LogP contribution in [0.5, 0.6) is 0 Å². The van der Waals surface area contributed by atoms with Crippen molar-refractivity contribution in [1.82, 2.24) is 15.0 Å². The number of aromatic nitrogens is 3. The quantitative estimate of drug-likeness (QED) is 0.477. The van der Waals surface area contributed by atoms with Crippen molar-refractivity contribution < 1.29 is 31.1 Å². The maximum Gasteiger partial charge on any atom is 0.416 e. The summed E-state index contributed by atoms with van der Waals surface area (Å²) in [5.41, 5.74) is 2.40. The van der Waals surface area contributed by atoms with Crippen LogP contribution < -0.4 is 5.73 Å². The van der Waals surface area contributed by atoms with Crippen molar-refractivity contribution >= 4 is 17.6 Å². The molecule has 0 spiro atoms. The number of rotatable bonds is 4. The Labute approximate surface area is 171 Å². The Morgan fingerprint density at radius 2 is 1.45 bits per heavy atom. The number of alkyl halides is 6. The molecule has 2 N–H and O–H groups in total. The van der Waals surface area contributed by atoms with Crippen LogP contribution in [0.2, 0.25) is 0 Å². The lowest BCUT2D eigenvalue weighted by Gasteiger charge is -2.14. The second-order valence-electron chi connectivity index (χ2n) is 6.26. The van der Waals surface area contributed by atoms with Crippen molar-refractivity contribution in [2.45, 2.75) is 12.4 Å². The second kappa shape index (κ2) is 8.17. The van der Waals surface area contributed by atoms with Crippen molar-refractivity contribution in [2.75, 3.05) is 0 Å². The van der Waals surface area contributed by atoms with Crippen LogP contribution in [0.15, 0.2) is 55.0 Å². The van der Waals surface area contributed by atoms with Gasteiger partial charge in [-0.1, -0.05) is 0 Å². The number of hydrogen-bond donors (Lipinski definition) is 1. The van der Waals surface area contributed by atoms with Crippen LogP contribution in [0.4, 0.5) is 26.3 Å². The molecule has 0 atom stereocenters. The average molecular weight is 438 g/mol. The maximum atomic E-state index is 13.1. The summed E-state index contributed by atoms with van der Waals surface area (Å²) in [7, 11) is 0. The van der Waals surface area contributed by atoms with Gasteiger partial charge in [0.1, 0.15) is 0 Å². The molecule has 2 aromatic heterocycles. The lowest BCUT2D eigenvalue weighted by atomic mass is 10.0. The Morgan fingerprint density at radius 3 is 1.97 bits per heavy atom. The molecular formula is C20H12F6N4O. The van der Waals surface area contributed by atoms with Gasteiger partial charge in [0.25, 0.3) is 0 Å². The lowest BCUT2D eigenvalue weighted by molar-refractivity contribution is -0.143. The Morgan fingerprint density at radius 1 is 0.871 bits per heavy atom. The number of carbonyl (C=O) groups is 1. The van der Waals surface area contributed by atoms with E-state index in [0.717, 1.165) is 6.20 Å². The Balaban J connectivity index is 2.12. The second-order valence-corrected chi connectivity index (χ2v) is 6.26. The molecule has 0 aliphatic rings. The molecule has 0 radical (unpaired) electrons. The van der Waals surface area contributed by atoms with Gasteiger partial charge < -0.3 is 5.73 Å². The zero-order valence-electron chi connectivity index (χ0n) is 15.4. The first-order chi connectivity index (χ1) is 14.4. The molecule has 0 bridgehead atoms.